The van der Waals surface area contributed by atoms with Gasteiger partial charge in [0.2, 0.25) is 0 Å². The zero-order valence-corrected chi connectivity index (χ0v) is 11.3. The second kappa shape index (κ2) is 5.30. The Morgan fingerprint density at radius 3 is 2.33 bits per heavy atom. The predicted octanol–water partition coefficient (Wildman–Crippen LogP) is 2.72. The summed E-state index contributed by atoms with van der Waals surface area (Å²) < 4.78 is 0.894. The second-order valence-corrected chi connectivity index (χ2v) is 6.53. The van der Waals surface area contributed by atoms with Crippen LogP contribution in [0.15, 0.2) is 0 Å². The van der Waals surface area contributed by atoms with Crippen LogP contribution in [0.25, 0.3) is 0 Å². The normalized spacial score (nSPS) is 16.9. The van der Waals surface area contributed by atoms with E-state index >= 15 is 0 Å². The molecule has 0 saturated carbocycles. The third kappa shape index (κ3) is 4.11. The third-order valence-electron chi connectivity index (χ3n) is 2.53. The molecule has 86 valence electrons. The lowest BCUT2D eigenvalue weighted by atomic mass is 9.92. The molecule has 0 atom stereocenters. The number of nitrogens with zero attached hydrogens (tertiary/aromatic N) is 1. The molecule has 1 aliphatic heterocycles. The first-order chi connectivity index (χ1) is 6.91. The predicted molar refractivity (Wildman–Crippen MR) is 70.3 cm³/mol. The number of ketones is 1. The first-order valence-electron chi connectivity index (χ1n) is 5.36. The Kier molecular flexibility index (Phi) is 4.59. The van der Waals surface area contributed by atoms with Crippen LogP contribution < -0.4 is 0 Å². The van der Waals surface area contributed by atoms with Gasteiger partial charge in [-0.1, -0.05) is 44.8 Å². The Bertz CT molecular complexity index is 252. The lowest BCUT2D eigenvalue weighted by molar-refractivity contribution is -0.123. The van der Waals surface area contributed by atoms with Crippen LogP contribution in [-0.2, 0) is 4.79 Å². The number of carbonyl (C=O) groups excluding carboxylic acids is 1. The molecule has 0 bridgehead atoms. The van der Waals surface area contributed by atoms with Gasteiger partial charge in [-0.3, -0.25) is 4.79 Å². The molecule has 0 radical (unpaired) electrons. The molecule has 1 rings (SSSR count). The van der Waals surface area contributed by atoms with Crippen molar-refractivity contribution in [2.75, 3.05) is 18.8 Å². The van der Waals surface area contributed by atoms with E-state index in [1.54, 1.807) is 0 Å². The summed E-state index contributed by atoms with van der Waals surface area (Å²) in [5.41, 5.74) is -0.242. The summed E-state index contributed by atoms with van der Waals surface area (Å²) in [4.78, 5) is 13.9. The highest BCUT2D eigenvalue weighted by Crippen LogP contribution is 2.21. The molecule has 2 nitrogen and oxygen atoms in total. The van der Waals surface area contributed by atoms with Gasteiger partial charge >= 0.3 is 0 Å². The molecule has 1 aliphatic rings. The summed E-state index contributed by atoms with van der Waals surface area (Å²) in [5, 5.41) is 0. The van der Waals surface area contributed by atoms with Crippen LogP contribution in [0.5, 0.6) is 0 Å². The largest absolute Gasteiger partial charge is 0.358 e. The highest BCUT2D eigenvalue weighted by atomic mass is 32.2. The van der Waals surface area contributed by atoms with Crippen molar-refractivity contribution in [3.05, 3.63) is 0 Å². The number of carbonyl (C=O) groups is 1. The number of likely N-dealkylation sites (tertiary alicyclic amines) is 1. The second-order valence-electron chi connectivity index (χ2n) is 4.92. The molecule has 15 heavy (non-hydrogen) atoms. The lowest BCUT2D eigenvalue weighted by Gasteiger charge is -2.20. The first kappa shape index (κ1) is 13.0. The number of hydrogen-bond donors (Lipinski definition) is 0. The van der Waals surface area contributed by atoms with Crippen LogP contribution in [0, 0.1) is 5.41 Å². The molecule has 4 heteroatoms. The molecule has 0 unspecified atom stereocenters. The van der Waals surface area contributed by atoms with Crippen molar-refractivity contribution in [3.8, 4) is 0 Å². The smallest absolute Gasteiger partial charge is 0.148 e. The molecule has 0 aromatic rings. The standard InChI is InChI=1S/C11H19NOS2/c1-11(2,3)9(13)8-15-10(14)12-6-4-5-7-12/h4-8H2,1-3H3. The van der Waals surface area contributed by atoms with Crippen LogP contribution in [0.2, 0.25) is 0 Å². The number of thiocarbonyl (C=S) groups is 1. The van der Waals surface area contributed by atoms with E-state index in [4.69, 9.17) is 12.2 Å². The third-order valence-corrected chi connectivity index (χ3v) is 4.05. The minimum absolute atomic E-state index is 0.242. The van der Waals surface area contributed by atoms with Gasteiger partial charge in [-0.05, 0) is 12.8 Å². The van der Waals surface area contributed by atoms with Crippen LogP contribution in [0.3, 0.4) is 0 Å². The molecule has 0 amide bonds. The van der Waals surface area contributed by atoms with Gasteiger partial charge in [0.25, 0.3) is 0 Å². The molecule has 0 spiro atoms. The maximum absolute atomic E-state index is 11.7. The topological polar surface area (TPSA) is 20.3 Å². The quantitative estimate of drug-likeness (QED) is 0.697. The fourth-order valence-electron chi connectivity index (χ4n) is 1.33. The van der Waals surface area contributed by atoms with E-state index in [0.717, 1.165) is 17.4 Å². The summed E-state index contributed by atoms with van der Waals surface area (Å²) in [6.45, 7) is 7.99. The summed E-state index contributed by atoms with van der Waals surface area (Å²) in [5.74, 6) is 0.785. The van der Waals surface area contributed by atoms with E-state index in [-0.39, 0.29) is 11.2 Å². The molecule has 0 aliphatic carbocycles. The lowest BCUT2D eigenvalue weighted by Crippen LogP contribution is -2.27. The number of thioether (sulfide) groups is 1. The Labute approximate surface area is 102 Å². The van der Waals surface area contributed by atoms with Crippen LogP contribution in [0.4, 0.5) is 0 Å². The van der Waals surface area contributed by atoms with Gasteiger partial charge in [0.15, 0.2) is 0 Å². The van der Waals surface area contributed by atoms with Gasteiger partial charge in [-0.25, -0.2) is 0 Å². The van der Waals surface area contributed by atoms with Gasteiger partial charge in [-0.2, -0.15) is 0 Å². The van der Waals surface area contributed by atoms with Crippen molar-refractivity contribution in [3.63, 3.8) is 0 Å². The Balaban J connectivity index is 2.30. The Morgan fingerprint density at radius 2 is 1.87 bits per heavy atom. The van der Waals surface area contributed by atoms with Gasteiger partial charge < -0.3 is 4.90 Å². The van der Waals surface area contributed by atoms with Crippen LogP contribution >= 0.6 is 24.0 Å². The van der Waals surface area contributed by atoms with Gasteiger partial charge in [0.1, 0.15) is 10.1 Å². The molecule has 0 N–H and O–H groups in total. The monoisotopic (exact) mass is 245 g/mol. The minimum Gasteiger partial charge on any atom is -0.358 e. The molecule has 1 heterocycles. The maximum Gasteiger partial charge on any atom is 0.148 e. The zero-order chi connectivity index (χ0) is 11.5. The number of rotatable bonds is 2. The average Bonchev–Trinajstić information content (AvgIpc) is 2.64. The van der Waals surface area contributed by atoms with E-state index in [0.29, 0.717) is 5.75 Å². The van der Waals surface area contributed by atoms with Crippen molar-refractivity contribution in [1.82, 2.24) is 4.90 Å². The van der Waals surface area contributed by atoms with E-state index in [1.165, 1.54) is 24.6 Å². The zero-order valence-electron chi connectivity index (χ0n) is 9.71. The average molecular weight is 245 g/mol. The van der Waals surface area contributed by atoms with Crippen molar-refractivity contribution in [1.29, 1.82) is 0 Å². The van der Waals surface area contributed by atoms with Crippen molar-refractivity contribution in [2.24, 2.45) is 5.41 Å². The Morgan fingerprint density at radius 1 is 1.33 bits per heavy atom. The van der Waals surface area contributed by atoms with E-state index in [1.807, 2.05) is 20.8 Å². The summed E-state index contributed by atoms with van der Waals surface area (Å²) in [6, 6.07) is 0. The number of Topliss-reactive ketones (excluding diaryl/α,β-unsaturated/α-hetero) is 1. The van der Waals surface area contributed by atoms with E-state index < -0.39 is 0 Å². The maximum atomic E-state index is 11.7. The van der Waals surface area contributed by atoms with E-state index in [9.17, 15) is 4.79 Å². The first-order valence-corrected chi connectivity index (χ1v) is 6.75. The van der Waals surface area contributed by atoms with Gasteiger partial charge in [0.05, 0.1) is 5.75 Å². The SMILES string of the molecule is CC(C)(C)C(=O)CSC(=S)N1CCCC1. The van der Waals surface area contributed by atoms with Crippen LogP contribution in [-0.4, -0.2) is 33.8 Å². The van der Waals surface area contributed by atoms with Crippen molar-refractivity contribution >= 4 is 34.1 Å². The van der Waals surface area contributed by atoms with E-state index in [2.05, 4.69) is 4.90 Å². The Hall–Kier alpha value is -0.0900. The molecule has 1 fully saturated rings. The van der Waals surface area contributed by atoms with Crippen molar-refractivity contribution < 1.29 is 4.79 Å². The fraction of sp³-hybridized carbons (Fsp3) is 0.818. The summed E-state index contributed by atoms with van der Waals surface area (Å²) in [7, 11) is 0. The van der Waals surface area contributed by atoms with Crippen molar-refractivity contribution in [2.45, 2.75) is 33.6 Å². The van der Waals surface area contributed by atoms with Crippen LogP contribution in [0.1, 0.15) is 33.6 Å². The molecular formula is C11H19NOS2. The summed E-state index contributed by atoms with van der Waals surface area (Å²) >= 11 is 6.81. The molecular weight excluding hydrogens is 226 g/mol. The molecule has 1 saturated heterocycles. The highest BCUT2D eigenvalue weighted by molar-refractivity contribution is 8.23. The summed E-state index contributed by atoms with van der Waals surface area (Å²) in [6.07, 6.45) is 2.46. The molecule has 0 aromatic carbocycles. The highest BCUT2D eigenvalue weighted by Gasteiger charge is 2.23. The number of hydrogen-bond acceptors (Lipinski definition) is 3. The molecule has 0 aromatic heterocycles. The fourth-order valence-corrected chi connectivity index (χ4v) is 2.75. The minimum atomic E-state index is -0.242. The van der Waals surface area contributed by atoms with Gasteiger partial charge in [-0.15, -0.1) is 0 Å². The van der Waals surface area contributed by atoms with Gasteiger partial charge in [0, 0.05) is 18.5 Å².